The van der Waals surface area contributed by atoms with Gasteiger partial charge in [0.25, 0.3) is 0 Å². The zero-order valence-electron chi connectivity index (χ0n) is 55.9. The van der Waals surface area contributed by atoms with Gasteiger partial charge in [-0.3, -0.25) is 43.5 Å². The van der Waals surface area contributed by atoms with Gasteiger partial charge in [-0.1, -0.05) is 66.7 Å². The SMILES string of the molecule is CC(=O)c1ccccc1C(=O)C(C#N)N=Nc1nc(C)ns1.CC(=O)c1ncccc1C(=O)C(C#N)N=Nc1snc2ccccc12.CC(=O)c1ncccc1C(=O)C(CN)N=Nc1snc2ccc(S(N)(=O)=O)cc12.COC(=O)c1ccccc1C(=O)C(C#N)N=Nc1nc(C(F)(F)F)nc2ccccc12. The Balaban J connectivity index is 0.000000181. The molecule has 0 spiro atoms. The topological polar surface area (TPSA) is 505 Å². The molecular formula is C68H50F3N21O11S4. The number of pyridine rings is 2. The van der Waals surface area contributed by atoms with Crippen LogP contribution in [0.15, 0.2) is 198 Å². The Bertz CT molecular complexity index is 5670. The van der Waals surface area contributed by atoms with E-state index < -0.39 is 81.1 Å². The molecule has 0 amide bonds. The van der Waals surface area contributed by atoms with Crippen molar-refractivity contribution in [3.8, 4) is 18.2 Å². The van der Waals surface area contributed by atoms with Crippen LogP contribution in [0.3, 0.4) is 0 Å². The maximum atomic E-state index is 13.1. The van der Waals surface area contributed by atoms with Gasteiger partial charge in [0.15, 0.2) is 39.0 Å². The predicted octanol–water partition coefficient (Wildman–Crippen LogP) is 12.8. The van der Waals surface area contributed by atoms with Crippen LogP contribution in [0.1, 0.15) is 116 Å². The molecule has 4 unspecified atom stereocenters. The number of nitrogens with zero attached hydrogens (tertiary/aromatic N) is 19. The number of primary sulfonamides is 1. The van der Waals surface area contributed by atoms with E-state index in [0.29, 0.717) is 26.7 Å². The van der Waals surface area contributed by atoms with Gasteiger partial charge in [-0.05, 0) is 110 Å². The van der Waals surface area contributed by atoms with E-state index in [9.17, 15) is 70.5 Å². The number of fused-ring (bicyclic) bond motifs is 3. The fourth-order valence-electron chi connectivity index (χ4n) is 9.14. The van der Waals surface area contributed by atoms with Crippen molar-refractivity contribution in [2.45, 2.75) is 62.9 Å². The first-order valence-corrected chi connectivity index (χ1v) is 34.3. The normalized spacial score (nSPS) is 12.5. The average Bonchev–Trinajstić information content (AvgIpc) is 1.71. The van der Waals surface area contributed by atoms with Crippen molar-refractivity contribution in [2.24, 2.45) is 51.8 Å². The third-order valence-corrected chi connectivity index (χ3v) is 17.3. The van der Waals surface area contributed by atoms with Crippen LogP contribution in [0.25, 0.3) is 32.7 Å². The predicted molar refractivity (Wildman–Crippen MR) is 379 cm³/mol. The standard InChI is InChI=1S/C20H12F3N5O3.C17H16N6O4S2.C17H11N5O2S.C14H11N5O2S/c1-31-18(30)12-7-3-2-6-11(12)16(29)15(10-24)27-28-17-13-8-4-5-9-14(13)25-19(26-17)20(21,22)23;1-9(24)15-11(3-2-6-20-15)16(25)14(8-18)21-22-17-12-7-10(29(19,26)27)4-5-13(12)23-28-17;1-10(23)15-12(6-4-8-19-15)16(24)14(9-18)20-21-17-11-5-2-3-7-13(11)22-25-17;1-8(20)10-5-3-4-6-11(10)13(21)12(7-15)17-18-14-16-9(2)19-22-14/h2-9,15H,1H3;2-7,14H,8,18H2,1H3,(H2,19,26,27);2-8,14H,1H3;3-6,12H,1-2H3. The highest BCUT2D eigenvalue weighted by Gasteiger charge is 2.36. The highest BCUT2D eigenvalue weighted by Crippen LogP contribution is 2.35. The lowest BCUT2D eigenvalue weighted by Gasteiger charge is -2.09. The van der Waals surface area contributed by atoms with E-state index in [1.807, 2.05) is 30.3 Å². The number of methoxy groups -OCH3 is 1. The number of azo groups is 4. The summed E-state index contributed by atoms with van der Waals surface area (Å²) in [6, 6.07) is 35.0. The Labute approximate surface area is 614 Å². The van der Waals surface area contributed by atoms with Gasteiger partial charge in [0.2, 0.25) is 56.5 Å². The second kappa shape index (κ2) is 36.3. The summed E-state index contributed by atoms with van der Waals surface area (Å²) < 4.78 is 79.4. The van der Waals surface area contributed by atoms with Crippen LogP contribution in [0.4, 0.5) is 34.1 Å². The Hall–Kier alpha value is -13.2. The number of carbonyl (C=O) groups excluding carboxylic acids is 8. The number of aryl methyl sites for hydroxylation is 1. The lowest BCUT2D eigenvalue weighted by Crippen LogP contribution is -2.29. The molecule has 0 aliphatic rings. The van der Waals surface area contributed by atoms with Gasteiger partial charge in [-0.2, -0.15) is 62.5 Å². The van der Waals surface area contributed by atoms with Crippen molar-refractivity contribution in [3.63, 3.8) is 0 Å². The lowest BCUT2D eigenvalue weighted by molar-refractivity contribution is -0.144. The second-order valence-corrected chi connectivity index (χ2v) is 25.2. The first kappa shape index (κ1) is 79.5. The molecule has 6 heterocycles. The monoisotopic (exact) mass is 1520 g/mol. The molecule has 32 nitrogen and oxygen atoms in total. The number of nitriles is 3. The smallest absolute Gasteiger partial charge is 0.451 e. The summed E-state index contributed by atoms with van der Waals surface area (Å²) in [5, 5.41) is 66.0. The summed E-state index contributed by atoms with van der Waals surface area (Å²) >= 11 is 3.14. The van der Waals surface area contributed by atoms with Gasteiger partial charge < -0.3 is 10.5 Å². The number of ketones is 7. The highest BCUT2D eigenvalue weighted by molar-refractivity contribution is 7.89. The minimum Gasteiger partial charge on any atom is -0.465 e. The van der Waals surface area contributed by atoms with Gasteiger partial charge in [0, 0.05) is 82.7 Å². The number of benzene rings is 5. The number of sulfonamides is 1. The van der Waals surface area contributed by atoms with E-state index in [1.54, 1.807) is 31.2 Å². The number of carbonyl (C=O) groups is 8. The van der Waals surface area contributed by atoms with Crippen molar-refractivity contribution in [1.82, 2.24) is 38.0 Å². The molecule has 0 saturated carbocycles. The molecule has 0 bridgehead atoms. The number of ether oxygens (including phenoxy) is 1. The molecule has 4 N–H and O–H groups in total. The molecule has 0 fully saturated rings. The van der Waals surface area contributed by atoms with Crippen molar-refractivity contribution >= 4 is 145 Å². The first-order chi connectivity index (χ1) is 51.1. The third kappa shape index (κ3) is 20.1. The molecule has 0 radical (unpaired) electrons. The van der Waals surface area contributed by atoms with Crippen LogP contribution in [0.5, 0.6) is 0 Å². The summed E-state index contributed by atoms with van der Waals surface area (Å²) in [6.07, 6.45) is -2.00. The number of rotatable bonds is 22. The molecule has 538 valence electrons. The number of hydrogen-bond acceptors (Lipinski definition) is 34. The van der Waals surface area contributed by atoms with Gasteiger partial charge in [-0.25, -0.2) is 33.3 Å². The molecule has 5 aromatic carbocycles. The van der Waals surface area contributed by atoms with Crippen LogP contribution in [-0.4, -0.2) is 131 Å². The summed E-state index contributed by atoms with van der Waals surface area (Å²) in [7, 11) is -2.77. The third-order valence-electron chi connectivity index (χ3n) is 14.2. The summed E-state index contributed by atoms with van der Waals surface area (Å²) in [5.41, 5.74) is 7.36. The summed E-state index contributed by atoms with van der Waals surface area (Å²) in [6.45, 7) is 5.54. The molecule has 11 aromatic rings. The Morgan fingerprint density at radius 3 is 1.51 bits per heavy atom. The van der Waals surface area contributed by atoms with Gasteiger partial charge in [0.1, 0.15) is 23.3 Å². The van der Waals surface area contributed by atoms with Crippen molar-refractivity contribution < 1.29 is 64.7 Å². The summed E-state index contributed by atoms with van der Waals surface area (Å²) in [5.74, 6) is -5.65. The van der Waals surface area contributed by atoms with E-state index >= 15 is 0 Å². The molecule has 0 saturated heterocycles. The molecule has 0 aliphatic carbocycles. The van der Waals surface area contributed by atoms with E-state index in [0.717, 1.165) is 52.6 Å². The number of alkyl halides is 3. The zero-order chi connectivity index (χ0) is 77.7. The maximum Gasteiger partial charge on any atom is 0.451 e. The van der Waals surface area contributed by atoms with E-state index in [-0.39, 0.29) is 89.6 Å². The fourth-order valence-corrected chi connectivity index (χ4v) is 11.6. The van der Waals surface area contributed by atoms with E-state index in [2.05, 4.69) is 83.7 Å². The molecule has 0 aliphatic heterocycles. The molecule has 39 heteroatoms. The number of para-hydroxylation sites is 1. The number of hydrogen-bond donors (Lipinski definition) is 2. The molecule has 11 rings (SSSR count). The Morgan fingerprint density at radius 1 is 0.523 bits per heavy atom. The van der Waals surface area contributed by atoms with Crippen LogP contribution in [-0.2, 0) is 20.9 Å². The van der Waals surface area contributed by atoms with Gasteiger partial charge in [0.05, 0.1) is 57.9 Å². The molecular weight excluding hydrogens is 1470 g/mol. The van der Waals surface area contributed by atoms with Crippen molar-refractivity contribution in [1.29, 1.82) is 15.8 Å². The lowest BCUT2D eigenvalue weighted by atomic mass is 9.97. The minimum atomic E-state index is -4.84. The number of halogens is 3. The van der Waals surface area contributed by atoms with Crippen molar-refractivity contribution in [3.05, 3.63) is 208 Å². The van der Waals surface area contributed by atoms with Gasteiger partial charge in [-0.15, -0.1) is 20.5 Å². The fraction of sp³-hybridized carbons (Fsp3) is 0.162. The second-order valence-electron chi connectivity index (χ2n) is 21.4. The Morgan fingerprint density at radius 2 is 0.991 bits per heavy atom. The van der Waals surface area contributed by atoms with Crippen LogP contribution >= 0.6 is 34.6 Å². The largest absolute Gasteiger partial charge is 0.465 e. The molecule has 6 aromatic heterocycles. The van der Waals surface area contributed by atoms with E-state index in [4.69, 9.17) is 16.1 Å². The van der Waals surface area contributed by atoms with Crippen LogP contribution < -0.4 is 10.9 Å². The quantitative estimate of drug-likeness (QED) is 0.0361. The van der Waals surface area contributed by atoms with Crippen LogP contribution in [0, 0.1) is 40.9 Å². The number of esters is 1. The zero-order valence-corrected chi connectivity index (χ0v) is 59.1. The van der Waals surface area contributed by atoms with Crippen molar-refractivity contribution in [2.75, 3.05) is 13.7 Å². The van der Waals surface area contributed by atoms with Crippen LogP contribution in [0.2, 0.25) is 0 Å². The summed E-state index contributed by atoms with van der Waals surface area (Å²) in [4.78, 5) is 116. The highest BCUT2D eigenvalue weighted by atomic mass is 32.2. The molecule has 107 heavy (non-hydrogen) atoms. The number of Topliss-reactive ketones (excluding diaryl/α,β-unsaturated/α-hetero) is 7. The first-order valence-electron chi connectivity index (χ1n) is 30.4. The number of nitrogens with two attached hydrogens (primary N) is 2. The molecule has 4 atom stereocenters. The maximum absolute atomic E-state index is 13.1. The minimum absolute atomic E-state index is 0.0196. The average molecular weight is 1520 g/mol. The van der Waals surface area contributed by atoms with Gasteiger partial charge >= 0.3 is 12.1 Å². The number of aromatic nitrogens is 8. The van der Waals surface area contributed by atoms with E-state index in [1.165, 1.54) is 136 Å². The Kier molecular flexibility index (Phi) is 26.9.